The molecule has 1 heterocycles. The second-order valence-electron chi connectivity index (χ2n) is 10.3. The summed E-state index contributed by atoms with van der Waals surface area (Å²) in [6.07, 6.45) is 1.98. The van der Waals surface area contributed by atoms with Gasteiger partial charge in [-0.25, -0.2) is 9.78 Å². The molecule has 0 aliphatic rings. The van der Waals surface area contributed by atoms with Crippen LogP contribution >= 0.6 is 11.6 Å². The van der Waals surface area contributed by atoms with E-state index < -0.39 is 5.97 Å². The molecule has 3 aromatic carbocycles. The number of esters is 1. The Morgan fingerprint density at radius 1 is 1.00 bits per heavy atom. The van der Waals surface area contributed by atoms with Crippen molar-refractivity contribution in [1.82, 2.24) is 4.98 Å². The monoisotopic (exact) mass is 525 g/mol. The van der Waals surface area contributed by atoms with Gasteiger partial charge in [0, 0.05) is 18.0 Å². The van der Waals surface area contributed by atoms with E-state index in [4.69, 9.17) is 16.3 Å². The van der Waals surface area contributed by atoms with Gasteiger partial charge in [-0.05, 0) is 63.9 Å². The first kappa shape index (κ1) is 26.8. The number of nitrogens with zero attached hydrogens (tertiary/aromatic N) is 3. The van der Waals surface area contributed by atoms with Crippen LogP contribution in [0.15, 0.2) is 72.9 Å². The number of rotatable bonds is 6. The largest absolute Gasteiger partial charge is 0.465 e. The van der Waals surface area contributed by atoms with Crippen LogP contribution in [0.4, 0.5) is 5.82 Å². The number of halogens is 1. The molecule has 6 nitrogen and oxygen atoms in total. The zero-order valence-corrected chi connectivity index (χ0v) is 22.5. The zero-order chi connectivity index (χ0) is 27.4. The van der Waals surface area contributed by atoms with Crippen LogP contribution in [0, 0.1) is 16.7 Å². The number of benzene rings is 3. The molecule has 0 unspecified atom stereocenters. The summed E-state index contributed by atoms with van der Waals surface area (Å²) in [6.45, 7) is 6.40. The number of pyridine rings is 1. The maximum atomic E-state index is 13.6. The highest BCUT2D eigenvalue weighted by Gasteiger charge is 2.25. The predicted molar refractivity (Wildman–Crippen MR) is 150 cm³/mol. The van der Waals surface area contributed by atoms with Gasteiger partial charge < -0.3 is 4.74 Å². The van der Waals surface area contributed by atoms with E-state index in [1.54, 1.807) is 41.4 Å². The van der Waals surface area contributed by atoms with Gasteiger partial charge in [-0.2, -0.15) is 5.26 Å². The summed E-state index contributed by atoms with van der Waals surface area (Å²) in [6, 6.07) is 22.4. The Labute approximate surface area is 227 Å². The molecule has 38 heavy (non-hydrogen) atoms. The average molecular weight is 526 g/mol. The molecule has 0 aliphatic carbocycles. The second kappa shape index (κ2) is 11.0. The molecule has 0 aliphatic heterocycles. The molecule has 0 radical (unpaired) electrons. The van der Waals surface area contributed by atoms with Gasteiger partial charge in [0.25, 0.3) is 0 Å². The van der Waals surface area contributed by atoms with Crippen LogP contribution in [0.3, 0.4) is 0 Å². The highest BCUT2D eigenvalue weighted by molar-refractivity contribution is 6.31. The van der Waals surface area contributed by atoms with Crippen LogP contribution in [0.2, 0.25) is 5.02 Å². The predicted octanol–water partition coefficient (Wildman–Crippen LogP) is 7.18. The number of carbonyl (C=O) groups excluding carboxylic acids is 2. The highest BCUT2D eigenvalue weighted by Crippen LogP contribution is 2.31. The summed E-state index contributed by atoms with van der Waals surface area (Å²) < 4.78 is 4.85. The number of methoxy groups -OCH3 is 1. The normalized spacial score (nSPS) is 11.2. The maximum Gasteiger partial charge on any atom is 0.337 e. The average Bonchev–Trinajstić information content (AvgIpc) is 2.90. The summed E-state index contributed by atoms with van der Waals surface area (Å²) >= 11 is 6.08. The summed E-state index contributed by atoms with van der Waals surface area (Å²) in [7, 11) is 1.35. The summed E-state index contributed by atoms with van der Waals surface area (Å²) in [5.41, 5.74) is 3.39. The molecular weight excluding hydrogens is 498 g/mol. The fourth-order valence-corrected chi connectivity index (χ4v) is 4.39. The van der Waals surface area contributed by atoms with E-state index in [2.05, 4.69) is 11.1 Å². The molecule has 0 spiro atoms. The third-order valence-electron chi connectivity index (χ3n) is 6.12. The minimum absolute atomic E-state index is 0.0463. The van der Waals surface area contributed by atoms with Crippen molar-refractivity contribution in [3.63, 3.8) is 0 Å². The van der Waals surface area contributed by atoms with E-state index in [1.807, 2.05) is 57.2 Å². The second-order valence-corrected chi connectivity index (χ2v) is 10.7. The Morgan fingerprint density at radius 3 is 2.37 bits per heavy atom. The van der Waals surface area contributed by atoms with Crippen molar-refractivity contribution in [2.75, 3.05) is 12.0 Å². The van der Waals surface area contributed by atoms with Crippen LogP contribution in [0.25, 0.3) is 21.9 Å². The van der Waals surface area contributed by atoms with Crippen LogP contribution < -0.4 is 4.90 Å². The molecule has 0 fully saturated rings. The van der Waals surface area contributed by atoms with Gasteiger partial charge in [-0.15, -0.1) is 0 Å². The van der Waals surface area contributed by atoms with Crippen LogP contribution in [0.1, 0.15) is 48.7 Å². The van der Waals surface area contributed by atoms with Crippen LogP contribution in [-0.4, -0.2) is 24.0 Å². The molecular formula is C31H28ClN3O3. The molecule has 0 bridgehead atoms. The first-order valence-electron chi connectivity index (χ1n) is 12.2. The number of anilines is 1. The molecule has 4 rings (SSSR count). The van der Waals surface area contributed by atoms with Crippen LogP contribution in [0.5, 0.6) is 0 Å². The van der Waals surface area contributed by atoms with E-state index in [-0.39, 0.29) is 11.3 Å². The molecule has 192 valence electrons. The number of carbonyl (C=O) groups is 2. The summed E-state index contributed by atoms with van der Waals surface area (Å²) in [5.74, 6) is 0.0668. The van der Waals surface area contributed by atoms with Crippen molar-refractivity contribution in [3.8, 4) is 17.2 Å². The quantitative estimate of drug-likeness (QED) is 0.249. The van der Waals surface area contributed by atoms with E-state index in [1.165, 1.54) is 7.11 Å². The number of ether oxygens (including phenoxy) is 1. The fraction of sp³-hybridized carbons (Fsp3) is 0.226. The third-order valence-corrected chi connectivity index (χ3v) is 6.45. The van der Waals surface area contributed by atoms with Crippen molar-refractivity contribution >= 4 is 40.1 Å². The lowest BCUT2D eigenvalue weighted by atomic mass is 9.91. The number of hydrogen-bond acceptors (Lipinski definition) is 5. The zero-order valence-electron chi connectivity index (χ0n) is 21.8. The topological polar surface area (TPSA) is 83.3 Å². The fourth-order valence-electron chi connectivity index (χ4n) is 4.23. The van der Waals surface area contributed by atoms with E-state index in [0.29, 0.717) is 34.9 Å². The summed E-state index contributed by atoms with van der Waals surface area (Å²) in [5, 5.41) is 11.3. The number of amides is 1. The molecule has 0 atom stereocenters. The van der Waals surface area contributed by atoms with E-state index in [0.717, 1.165) is 27.5 Å². The lowest BCUT2D eigenvalue weighted by Gasteiger charge is -2.27. The van der Waals surface area contributed by atoms with E-state index in [9.17, 15) is 14.9 Å². The van der Waals surface area contributed by atoms with Crippen molar-refractivity contribution in [3.05, 3.63) is 94.6 Å². The lowest BCUT2D eigenvalue weighted by molar-refractivity contribution is -0.120. The number of hydrogen-bond donors (Lipinski definition) is 0. The molecule has 0 saturated carbocycles. The lowest BCUT2D eigenvalue weighted by Crippen LogP contribution is -2.34. The van der Waals surface area contributed by atoms with Gasteiger partial charge in [0.1, 0.15) is 11.9 Å². The standard InChI is InChI=1S/C31H28ClN3O3/c1-31(2,3)17-28(36)35(29-26-11-9-24(30(37)38-4)16-23(26)13-14-34-29)19-20-5-7-21(8-6-20)22-10-12-27(32)25(15-22)18-33/h5-16H,17,19H2,1-4H3. The number of fused-ring (bicyclic) bond motifs is 1. The highest BCUT2D eigenvalue weighted by atomic mass is 35.5. The molecule has 0 N–H and O–H groups in total. The van der Waals surface area contributed by atoms with Gasteiger partial charge in [-0.3, -0.25) is 9.69 Å². The van der Waals surface area contributed by atoms with Crippen molar-refractivity contribution in [2.45, 2.75) is 33.7 Å². The first-order chi connectivity index (χ1) is 18.1. The van der Waals surface area contributed by atoms with Crippen molar-refractivity contribution in [2.24, 2.45) is 5.41 Å². The minimum Gasteiger partial charge on any atom is -0.465 e. The van der Waals surface area contributed by atoms with Gasteiger partial charge in [0.2, 0.25) is 5.91 Å². The maximum absolute atomic E-state index is 13.6. The Morgan fingerprint density at radius 2 is 1.71 bits per heavy atom. The smallest absolute Gasteiger partial charge is 0.337 e. The van der Waals surface area contributed by atoms with Crippen LogP contribution in [-0.2, 0) is 16.1 Å². The molecule has 4 aromatic rings. The first-order valence-corrected chi connectivity index (χ1v) is 12.5. The van der Waals surface area contributed by atoms with Gasteiger partial charge in [0.15, 0.2) is 0 Å². The Bertz CT molecular complexity index is 1550. The Balaban J connectivity index is 1.71. The number of nitriles is 1. The number of aromatic nitrogens is 1. The van der Waals surface area contributed by atoms with Gasteiger partial charge in [0.05, 0.1) is 29.8 Å². The van der Waals surface area contributed by atoms with E-state index >= 15 is 0 Å². The van der Waals surface area contributed by atoms with Gasteiger partial charge >= 0.3 is 5.97 Å². The van der Waals surface area contributed by atoms with Gasteiger partial charge in [-0.1, -0.05) is 62.7 Å². The Kier molecular flexibility index (Phi) is 7.80. The molecule has 1 aromatic heterocycles. The molecule has 0 saturated heterocycles. The SMILES string of the molecule is COC(=O)c1ccc2c(N(Cc3ccc(-c4ccc(Cl)c(C#N)c4)cc3)C(=O)CC(C)(C)C)nccc2c1. The third kappa shape index (κ3) is 6.01. The van der Waals surface area contributed by atoms with Crippen molar-refractivity contribution < 1.29 is 14.3 Å². The molecule has 7 heteroatoms. The molecule has 1 amide bonds. The minimum atomic E-state index is -0.423. The van der Waals surface area contributed by atoms with Crippen molar-refractivity contribution in [1.29, 1.82) is 5.26 Å². The Hall–Kier alpha value is -4.21. The summed E-state index contributed by atoms with van der Waals surface area (Å²) in [4.78, 5) is 31.9.